The fourth-order valence-corrected chi connectivity index (χ4v) is 2.01. The largest absolute Gasteiger partial charge is 0.496 e. The lowest BCUT2D eigenvalue weighted by molar-refractivity contribution is 0.0597. The number of amides is 1. The molecule has 0 heterocycles. The molecule has 0 radical (unpaired) electrons. The van der Waals surface area contributed by atoms with Gasteiger partial charge in [0.05, 0.1) is 14.2 Å². The van der Waals surface area contributed by atoms with Crippen molar-refractivity contribution < 1.29 is 19.1 Å². The van der Waals surface area contributed by atoms with Crippen molar-refractivity contribution in [2.24, 2.45) is 0 Å². The van der Waals surface area contributed by atoms with E-state index in [-0.39, 0.29) is 5.91 Å². The van der Waals surface area contributed by atoms with Crippen LogP contribution in [0.5, 0.6) is 5.75 Å². The third kappa shape index (κ3) is 3.63. The van der Waals surface area contributed by atoms with Crippen LogP contribution in [0, 0.1) is 0 Å². The number of hydrogen-bond donors (Lipinski definition) is 1. The molecule has 5 nitrogen and oxygen atoms in total. The molecule has 0 aromatic heterocycles. The molecule has 2 aromatic carbocycles. The molecule has 0 aliphatic carbocycles. The van der Waals surface area contributed by atoms with Crippen molar-refractivity contribution in [3.63, 3.8) is 0 Å². The minimum atomic E-state index is -0.479. The lowest BCUT2D eigenvalue weighted by Gasteiger charge is -2.10. The normalized spacial score (nSPS) is 9.91. The Morgan fingerprint density at radius 2 is 1.77 bits per heavy atom. The summed E-state index contributed by atoms with van der Waals surface area (Å²) in [6.45, 7) is 0.307. The Balaban J connectivity index is 2.10. The van der Waals surface area contributed by atoms with Gasteiger partial charge in [0, 0.05) is 12.1 Å². The zero-order chi connectivity index (χ0) is 15.9. The van der Waals surface area contributed by atoms with Crippen molar-refractivity contribution in [3.05, 3.63) is 65.2 Å². The second kappa shape index (κ2) is 7.26. The number of carbonyl (C=O) groups excluding carboxylic acids is 2. The summed E-state index contributed by atoms with van der Waals surface area (Å²) in [5.74, 6) is -0.214. The van der Waals surface area contributed by atoms with Gasteiger partial charge < -0.3 is 14.8 Å². The average Bonchev–Trinajstić information content (AvgIpc) is 2.59. The molecule has 2 rings (SSSR count). The van der Waals surface area contributed by atoms with Crippen LogP contribution in [0.3, 0.4) is 0 Å². The van der Waals surface area contributed by atoms with E-state index < -0.39 is 5.97 Å². The number of hydrogen-bond acceptors (Lipinski definition) is 4. The number of carbonyl (C=O) groups is 2. The molecular weight excluding hydrogens is 282 g/mol. The maximum Gasteiger partial charge on any atom is 0.341 e. The van der Waals surface area contributed by atoms with Gasteiger partial charge in [-0.05, 0) is 29.8 Å². The molecule has 0 saturated heterocycles. The zero-order valence-corrected chi connectivity index (χ0v) is 12.5. The highest BCUT2D eigenvalue weighted by Gasteiger charge is 2.13. The van der Waals surface area contributed by atoms with Gasteiger partial charge in [-0.25, -0.2) is 4.79 Å². The minimum Gasteiger partial charge on any atom is -0.496 e. The summed E-state index contributed by atoms with van der Waals surface area (Å²) in [5.41, 5.74) is 1.70. The summed E-state index contributed by atoms with van der Waals surface area (Å²) in [5, 5.41) is 2.81. The molecule has 114 valence electrons. The van der Waals surface area contributed by atoms with Crippen molar-refractivity contribution in [1.82, 2.24) is 5.32 Å². The highest BCUT2D eigenvalue weighted by atomic mass is 16.5. The van der Waals surface area contributed by atoms with E-state index in [0.29, 0.717) is 23.4 Å². The van der Waals surface area contributed by atoms with Crippen molar-refractivity contribution in [3.8, 4) is 5.75 Å². The molecule has 22 heavy (non-hydrogen) atoms. The fraction of sp³-hybridized carbons (Fsp3) is 0.176. The molecule has 0 fully saturated rings. The first kappa shape index (κ1) is 15.6. The van der Waals surface area contributed by atoms with Crippen LogP contribution < -0.4 is 10.1 Å². The molecule has 1 N–H and O–H groups in total. The monoisotopic (exact) mass is 299 g/mol. The van der Waals surface area contributed by atoms with E-state index in [0.717, 1.165) is 5.56 Å². The number of nitrogens with one attached hydrogen (secondary N) is 1. The standard InChI is InChI=1S/C17H17NO4/c1-21-15-9-8-12(10-14(15)17(20)22-2)11-18-16(19)13-6-4-3-5-7-13/h3-10H,11H2,1-2H3,(H,18,19). The van der Waals surface area contributed by atoms with E-state index in [1.165, 1.54) is 14.2 Å². The lowest BCUT2D eigenvalue weighted by atomic mass is 10.1. The number of rotatable bonds is 5. The van der Waals surface area contributed by atoms with Gasteiger partial charge in [-0.3, -0.25) is 4.79 Å². The van der Waals surface area contributed by atoms with Gasteiger partial charge in [-0.2, -0.15) is 0 Å². The van der Waals surface area contributed by atoms with E-state index in [2.05, 4.69) is 5.32 Å². The molecule has 1 amide bonds. The average molecular weight is 299 g/mol. The maximum absolute atomic E-state index is 12.0. The maximum atomic E-state index is 12.0. The predicted molar refractivity (Wildman–Crippen MR) is 81.9 cm³/mol. The Bertz CT molecular complexity index is 668. The number of methoxy groups -OCH3 is 2. The van der Waals surface area contributed by atoms with Gasteiger partial charge in [0.2, 0.25) is 0 Å². The lowest BCUT2D eigenvalue weighted by Crippen LogP contribution is -2.22. The molecule has 0 unspecified atom stereocenters. The molecule has 0 bridgehead atoms. The van der Waals surface area contributed by atoms with Crippen LogP contribution in [0.1, 0.15) is 26.3 Å². The summed E-state index contributed by atoms with van der Waals surface area (Å²) in [7, 11) is 2.80. The Morgan fingerprint density at radius 1 is 1.05 bits per heavy atom. The molecule has 0 saturated carbocycles. The van der Waals surface area contributed by atoms with Gasteiger partial charge in [0.15, 0.2) is 0 Å². The molecule has 0 aliphatic heterocycles. The first-order valence-corrected chi connectivity index (χ1v) is 6.74. The highest BCUT2D eigenvalue weighted by Crippen LogP contribution is 2.20. The van der Waals surface area contributed by atoms with Gasteiger partial charge in [0.1, 0.15) is 11.3 Å². The van der Waals surface area contributed by atoms with Gasteiger partial charge in [-0.15, -0.1) is 0 Å². The van der Waals surface area contributed by atoms with Crippen LogP contribution in [0.2, 0.25) is 0 Å². The van der Waals surface area contributed by atoms with E-state index in [1.54, 1.807) is 42.5 Å². The van der Waals surface area contributed by atoms with Crippen molar-refractivity contribution in [1.29, 1.82) is 0 Å². The Hall–Kier alpha value is -2.82. The topological polar surface area (TPSA) is 64.6 Å². The summed E-state index contributed by atoms with van der Waals surface area (Å²) >= 11 is 0. The van der Waals surface area contributed by atoms with Gasteiger partial charge in [-0.1, -0.05) is 24.3 Å². The summed E-state index contributed by atoms with van der Waals surface area (Å²) in [6.07, 6.45) is 0. The quantitative estimate of drug-likeness (QED) is 0.861. The zero-order valence-electron chi connectivity index (χ0n) is 12.5. The van der Waals surface area contributed by atoms with Crippen molar-refractivity contribution in [2.45, 2.75) is 6.54 Å². The van der Waals surface area contributed by atoms with Crippen LogP contribution >= 0.6 is 0 Å². The number of esters is 1. The summed E-state index contributed by atoms with van der Waals surface area (Å²) < 4.78 is 9.85. The molecule has 2 aromatic rings. The first-order chi connectivity index (χ1) is 10.7. The van der Waals surface area contributed by atoms with Crippen LogP contribution in [0.15, 0.2) is 48.5 Å². The minimum absolute atomic E-state index is 0.170. The smallest absolute Gasteiger partial charge is 0.341 e. The second-order valence-electron chi connectivity index (χ2n) is 4.57. The van der Waals surface area contributed by atoms with Crippen LogP contribution in [-0.2, 0) is 11.3 Å². The SMILES string of the molecule is COC(=O)c1cc(CNC(=O)c2ccccc2)ccc1OC. The van der Waals surface area contributed by atoms with Crippen molar-refractivity contribution in [2.75, 3.05) is 14.2 Å². The first-order valence-electron chi connectivity index (χ1n) is 6.74. The third-order valence-electron chi connectivity index (χ3n) is 3.16. The molecule has 0 spiro atoms. The molecule has 0 atom stereocenters. The molecule has 0 aliphatic rings. The van der Waals surface area contributed by atoms with E-state index in [1.807, 2.05) is 6.07 Å². The number of benzene rings is 2. The number of ether oxygens (including phenoxy) is 2. The highest BCUT2D eigenvalue weighted by molar-refractivity contribution is 5.94. The van der Waals surface area contributed by atoms with Crippen molar-refractivity contribution >= 4 is 11.9 Å². The van der Waals surface area contributed by atoms with E-state index in [4.69, 9.17) is 9.47 Å². The van der Waals surface area contributed by atoms with E-state index in [9.17, 15) is 9.59 Å². The Kier molecular flexibility index (Phi) is 5.14. The van der Waals surface area contributed by atoms with Crippen LogP contribution in [-0.4, -0.2) is 26.1 Å². The Labute approximate surface area is 128 Å². The second-order valence-corrected chi connectivity index (χ2v) is 4.57. The molecule has 5 heteroatoms. The van der Waals surface area contributed by atoms with Crippen LogP contribution in [0.25, 0.3) is 0 Å². The summed E-state index contributed by atoms with van der Waals surface area (Å²) in [6, 6.07) is 14.0. The van der Waals surface area contributed by atoms with Gasteiger partial charge in [0.25, 0.3) is 5.91 Å². The predicted octanol–water partition coefficient (Wildman–Crippen LogP) is 2.41. The Morgan fingerprint density at radius 3 is 2.41 bits per heavy atom. The van der Waals surface area contributed by atoms with E-state index >= 15 is 0 Å². The van der Waals surface area contributed by atoms with Gasteiger partial charge >= 0.3 is 5.97 Å². The van der Waals surface area contributed by atoms with Crippen LogP contribution in [0.4, 0.5) is 0 Å². The molecular formula is C17H17NO4. The fourth-order valence-electron chi connectivity index (χ4n) is 2.01. The third-order valence-corrected chi connectivity index (χ3v) is 3.16. The summed E-state index contributed by atoms with van der Waals surface area (Å²) in [4.78, 5) is 23.7.